The molecule has 0 rings (SSSR count). The maximum atomic E-state index is 12.6. The molecule has 10 nitrogen and oxygen atoms in total. The number of hydrogen-bond donors (Lipinski definition) is 3. The Hall–Kier alpha value is -3.37. The zero-order valence-electron chi connectivity index (χ0n) is 34.2. The molecular formula is C45H72NO9P. The van der Waals surface area contributed by atoms with Gasteiger partial charge in [-0.1, -0.05) is 142 Å². The van der Waals surface area contributed by atoms with Crippen LogP contribution >= 0.6 is 7.82 Å². The fourth-order valence-corrected chi connectivity index (χ4v) is 5.52. The third kappa shape index (κ3) is 38.9. The summed E-state index contributed by atoms with van der Waals surface area (Å²) < 4.78 is 32.6. The van der Waals surface area contributed by atoms with E-state index in [0.717, 1.165) is 77.0 Å². The lowest BCUT2D eigenvalue weighted by Crippen LogP contribution is -2.29. The first-order valence-corrected chi connectivity index (χ1v) is 22.0. The second-order valence-corrected chi connectivity index (χ2v) is 14.4. The van der Waals surface area contributed by atoms with Crippen LogP contribution in [-0.2, 0) is 32.7 Å². The van der Waals surface area contributed by atoms with Gasteiger partial charge in [-0.2, -0.15) is 0 Å². The van der Waals surface area contributed by atoms with E-state index in [0.29, 0.717) is 19.3 Å². The van der Waals surface area contributed by atoms with Gasteiger partial charge < -0.3 is 25.2 Å². The number of carbonyl (C=O) groups is 2. The van der Waals surface area contributed by atoms with E-state index in [1.54, 1.807) is 18.2 Å². The quantitative estimate of drug-likeness (QED) is 0.0183. The Bertz CT molecular complexity index is 1300. The lowest BCUT2D eigenvalue weighted by atomic mass is 10.1. The summed E-state index contributed by atoms with van der Waals surface area (Å²) in [6.45, 7) is 3.24. The molecule has 0 amide bonds. The van der Waals surface area contributed by atoms with Crippen molar-refractivity contribution in [1.29, 1.82) is 0 Å². The minimum absolute atomic E-state index is 0.0196. The molecule has 0 saturated carbocycles. The molecule has 0 bridgehead atoms. The number of allylic oxidation sites excluding steroid dienone is 16. The van der Waals surface area contributed by atoms with Gasteiger partial charge in [0.15, 0.2) is 6.10 Å². The molecule has 0 spiro atoms. The topological polar surface area (TPSA) is 155 Å². The van der Waals surface area contributed by atoms with Gasteiger partial charge in [0.25, 0.3) is 0 Å². The van der Waals surface area contributed by atoms with Crippen molar-refractivity contribution in [2.75, 3.05) is 26.4 Å². The monoisotopic (exact) mass is 801 g/mol. The highest BCUT2D eigenvalue weighted by molar-refractivity contribution is 7.47. The van der Waals surface area contributed by atoms with Gasteiger partial charge in [-0.25, -0.2) is 4.57 Å². The van der Waals surface area contributed by atoms with Gasteiger partial charge in [0.05, 0.1) is 19.3 Å². The van der Waals surface area contributed by atoms with Crippen LogP contribution in [0, 0.1) is 0 Å². The SMILES string of the molecule is CC/C=C\C/C=C\C/C=C\C/C=C\C=C/C(O)C/C=C\CCC(=O)OC[C@H](COP(=O)(O)OCCN)OC(=O)CCCCCCC/C=C\C/C=C\C/C=C\CC. The van der Waals surface area contributed by atoms with E-state index in [1.165, 1.54) is 0 Å². The fraction of sp³-hybridized carbons (Fsp3) is 0.556. The predicted molar refractivity (Wildman–Crippen MR) is 230 cm³/mol. The molecule has 0 aromatic heterocycles. The molecule has 0 aliphatic carbocycles. The van der Waals surface area contributed by atoms with Gasteiger partial charge in [-0.05, 0) is 77.0 Å². The Kier molecular flexibility index (Phi) is 37.5. The van der Waals surface area contributed by atoms with Crippen molar-refractivity contribution in [3.8, 4) is 0 Å². The first kappa shape index (κ1) is 52.6. The summed E-state index contributed by atoms with van der Waals surface area (Å²) in [5, 5.41) is 10.2. The van der Waals surface area contributed by atoms with Crippen molar-refractivity contribution in [1.82, 2.24) is 0 Å². The van der Waals surface area contributed by atoms with Crippen LogP contribution in [0.2, 0.25) is 0 Å². The van der Waals surface area contributed by atoms with Crippen LogP contribution < -0.4 is 5.73 Å². The van der Waals surface area contributed by atoms with Crippen LogP contribution in [0.1, 0.15) is 123 Å². The van der Waals surface area contributed by atoms with Crippen molar-refractivity contribution in [3.63, 3.8) is 0 Å². The van der Waals surface area contributed by atoms with Gasteiger partial charge >= 0.3 is 19.8 Å². The van der Waals surface area contributed by atoms with Crippen LogP contribution in [0.25, 0.3) is 0 Å². The highest BCUT2D eigenvalue weighted by Crippen LogP contribution is 2.43. The number of esters is 2. The number of ether oxygens (including phenoxy) is 2. The van der Waals surface area contributed by atoms with Crippen molar-refractivity contribution in [2.24, 2.45) is 5.73 Å². The summed E-state index contributed by atoms with van der Waals surface area (Å²) in [5.74, 6) is -1.04. The Morgan fingerprint density at radius 2 is 1.18 bits per heavy atom. The number of carbonyl (C=O) groups excluding carboxylic acids is 2. The lowest BCUT2D eigenvalue weighted by Gasteiger charge is -2.19. The van der Waals surface area contributed by atoms with E-state index < -0.39 is 38.6 Å². The smallest absolute Gasteiger partial charge is 0.462 e. The van der Waals surface area contributed by atoms with Gasteiger partial charge in [0.2, 0.25) is 0 Å². The number of nitrogens with two attached hydrogens (primary N) is 1. The molecule has 0 saturated heterocycles. The van der Waals surface area contributed by atoms with Crippen LogP contribution in [0.3, 0.4) is 0 Å². The van der Waals surface area contributed by atoms with E-state index in [9.17, 15) is 24.2 Å². The number of rotatable bonds is 36. The number of phosphoric ester groups is 1. The van der Waals surface area contributed by atoms with E-state index in [-0.39, 0.29) is 32.6 Å². The highest BCUT2D eigenvalue weighted by atomic mass is 31.2. The van der Waals surface area contributed by atoms with Gasteiger partial charge in [0, 0.05) is 19.4 Å². The molecule has 4 N–H and O–H groups in total. The summed E-state index contributed by atoms with van der Waals surface area (Å²) in [4.78, 5) is 34.8. The van der Waals surface area contributed by atoms with Crippen molar-refractivity contribution in [2.45, 2.75) is 135 Å². The molecule has 0 radical (unpaired) electrons. The molecule has 316 valence electrons. The van der Waals surface area contributed by atoms with Crippen LogP contribution in [0.4, 0.5) is 0 Å². The molecule has 2 unspecified atom stereocenters. The van der Waals surface area contributed by atoms with Gasteiger partial charge in [0.1, 0.15) is 6.61 Å². The minimum atomic E-state index is -4.43. The third-order valence-electron chi connectivity index (χ3n) is 7.75. The van der Waals surface area contributed by atoms with Crippen LogP contribution in [0.15, 0.2) is 109 Å². The summed E-state index contributed by atoms with van der Waals surface area (Å²) in [6, 6.07) is 0. The molecule has 56 heavy (non-hydrogen) atoms. The normalized spacial score (nSPS) is 15.0. The average molecular weight is 802 g/mol. The Balaban J connectivity index is 4.46. The Morgan fingerprint density at radius 1 is 0.625 bits per heavy atom. The maximum absolute atomic E-state index is 12.6. The highest BCUT2D eigenvalue weighted by Gasteiger charge is 2.25. The molecule has 3 atom stereocenters. The standard InChI is InChI=1S/C45H72NO9P/c1-3-5-7-9-11-13-15-17-18-20-22-24-26-28-32-37-45(49)55-43(41-54-56(50,51)53-39-38-46)40-52-44(48)36-33-29-31-35-42(47)34-30-27-25-23-21-19-16-14-12-10-8-6-4-2/h5-8,11-14,17-19,21,25,27,29-31,34,42-43,47H,3-4,9-10,15-16,20,22-24,26,28,32-33,35-41,46H2,1-2H3,(H,50,51)/b7-5-,8-6-,13-11-,14-12-,18-17-,21-19-,27-25-,31-29-,34-30-/t42?,43-/m1/s1. The average Bonchev–Trinajstić information content (AvgIpc) is 3.18. The van der Waals surface area contributed by atoms with E-state index in [2.05, 4.69) is 86.8 Å². The molecule has 0 aliphatic rings. The minimum Gasteiger partial charge on any atom is -0.462 e. The Labute approximate surface area is 338 Å². The molecular weight excluding hydrogens is 729 g/mol. The summed E-state index contributed by atoms with van der Waals surface area (Å²) >= 11 is 0. The first-order valence-electron chi connectivity index (χ1n) is 20.5. The zero-order valence-corrected chi connectivity index (χ0v) is 35.1. The van der Waals surface area contributed by atoms with Gasteiger partial charge in [-0.15, -0.1) is 0 Å². The molecule has 0 fully saturated rings. The van der Waals surface area contributed by atoms with E-state index in [1.807, 2.05) is 18.2 Å². The fourth-order valence-electron chi connectivity index (χ4n) is 4.76. The van der Waals surface area contributed by atoms with Crippen molar-refractivity contribution < 1.29 is 42.7 Å². The third-order valence-corrected chi connectivity index (χ3v) is 8.73. The molecule has 0 heterocycles. The van der Waals surface area contributed by atoms with Gasteiger partial charge in [-0.3, -0.25) is 18.6 Å². The van der Waals surface area contributed by atoms with Crippen LogP contribution in [-0.4, -0.2) is 60.5 Å². The van der Waals surface area contributed by atoms with Crippen molar-refractivity contribution >= 4 is 19.8 Å². The summed E-state index contributed by atoms with van der Waals surface area (Å²) in [6.07, 6.45) is 48.7. The number of unbranched alkanes of at least 4 members (excludes halogenated alkanes) is 5. The number of hydrogen-bond acceptors (Lipinski definition) is 9. The predicted octanol–water partition coefficient (Wildman–Crippen LogP) is 10.6. The second kappa shape index (κ2) is 39.8. The molecule has 0 aliphatic heterocycles. The molecule has 0 aromatic rings. The number of phosphoric acid groups is 1. The number of aliphatic hydroxyl groups is 1. The Morgan fingerprint density at radius 3 is 1.80 bits per heavy atom. The second-order valence-electron chi connectivity index (χ2n) is 12.9. The van der Waals surface area contributed by atoms with Crippen molar-refractivity contribution in [3.05, 3.63) is 109 Å². The van der Waals surface area contributed by atoms with Crippen LogP contribution in [0.5, 0.6) is 0 Å². The lowest BCUT2D eigenvalue weighted by molar-refractivity contribution is -0.161. The summed E-state index contributed by atoms with van der Waals surface area (Å²) in [5.41, 5.74) is 5.33. The molecule has 0 aromatic carbocycles. The zero-order chi connectivity index (χ0) is 41.2. The van der Waals surface area contributed by atoms with E-state index >= 15 is 0 Å². The first-order chi connectivity index (χ1) is 27.2. The number of aliphatic hydroxyl groups excluding tert-OH is 1. The molecule has 11 heteroatoms. The largest absolute Gasteiger partial charge is 0.472 e. The van der Waals surface area contributed by atoms with E-state index in [4.69, 9.17) is 24.3 Å². The summed E-state index contributed by atoms with van der Waals surface area (Å²) in [7, 11) is -4.43. The maximum Gasteiger partial charge on any atom is 0.472 e.